The number of carbonyl (C=O) groups is 2. The number of benzene rings is 1. The van der Waals surface area contributed by atoms with Gasteiger partial charge in [0, 0.05) is 25.2 Å². The third-order valence-corrected chi connectivity index (χ3v) is 6.00. The highest BCUT2D eigenvalue weighted by molar-refractivity contribution is 6.00. The second-order valence-electron chi connectivity index (χ2n) is 7.52. The zero-order chi connectivity index (χ0) is 16.6. The molecule has 0 saturated carbocycles. The van der Waals surface area contributed by atoms with Crippen LogP contribution in [0.25, 0.3) is 0 Å². The summed E-state index contributed by atoms with van der Waals surface area (Å²) in [6, 6.07) is 8.39. The van der Waals surface area contributed by atoms with E-state index >= 15 is 0 Å². The molecule has 1 aromatic carbocycles. The van der Waals surface area contributed by atoms with E-state index in [0.29, 0.717) is 18.3 Å². The summed E-state index contributed by atoms with van der Waals surface area (Å²) in [7, 11) is 0. The molecule has 1 atom stereocenters. The third kappa shape index (κ3) is 2.93. The molecule has 0 aromatic heterocycles. The van der Waals surface area contributed by atoms with Gasteiger partial charge in [-0.25, -0.2) is 0 Å². The van der Waals surface area contributed by atoms with Crippen molar-refractivity contribution >= 4 is 17.5 Å². The summed E-state index contributed by atoms with van der Waals surface area (Å²) in [5.41, 5.74) is 2.76. The summed E-state index contributed by atoms with van der Waals surface area (Å²) in [6.45, 7) is 4.55. The molecule has 24 heavy (non-hydrogen) atoms. The van der Waals surface area contributed by atoms with Gasteiger partial charge < -0.3 is 10.2 Å². The largest absolute Gasteiger partial charge is 0.371 e. The Morgan fingerprint density at radius 1 is 1.04 bits per heavy atom. The number of nitrogens with zero attached hydrogens (tertiary/aromatic N) is 1. The smallest absolute Gasteiger partial charge is 0.234 e. The van der Waals surface area contributed by atoms with Crippen LogP contribution in [0.5, 0.6) is 0 Å². The fourth-order valence-corrected chi connectivity index (χ4v) is 4.45. The third-order valence-electron chi connectivity index (χ3n) is 6.00. The molecule has 1 spiro atoms. The van der Waals surface area contributed by atoms with E-state index < -0.39 is 0 Å². The van der Waals surface area contributed by atoms with Gasteiger partial charge in [0.05, 0.1) is 5.92 Å². The molecule has 4 rings (SSSR count). The summed E-state index contributed by atoms with van der Waals surface area (Å²) in [5, 5.41) is 5.90. The highest BCUT2D eigenvalue weighted by atomic mass is 16.2. The van der Waals surface area contributed by atoms with Crippen LogP contribution in [0, 0.1) is 5.41 Å². The van der Waals surface area contributed by atoms with Crippen molar-refractivity contribution < 1.29 is 9.59 Å². The van der Waals surface area contributed by atoms with E-state index in [1.54, 1.807) is 0 Å². The van der Waals surface area contributed by atoms with Gasteiger partial charge in [0.15, 0.2) is 0 Å². The fraction of sp³-hybridized carbons (Fsp3) is 0.579. The molecule has 128 valence electrons. The zero-order valence-corrected chi connectivity index (χ0v) is 14.0. The predicted molar refractivity (Wildman–Crippen MR) is 92.9 cm³/mol. The number of carbonyl (C=O) groups excluding carboxylic acids is 2. The summed E-state index contributed by atoms with van der Waals surface area (Å²) in [6.07, 6.45) is 4.88. The van der Waals surface area contributed by atoms with Gasteiger partial charge in [-0.2, -0.15) is 0 Å². The first-order valence-corrected chi connectivity index (χ1v) is 9.05. The lowest BCUT2D eigenvalue weighted by molar-refractivity contribution is -0.134. The van der Waals surface area contributed by atoms with E-state index in [0.717, 1.165) is 31.7 Å². The molecular formula is C19H25N3O2. The summed E-state index contributed by atoms with van der Waals surface area (Å²) >= 11 is 0. The van der Waals surface area contributed by atoms with Crippen LogP contribution >= 0.6 is 0 Å². The van der Waals surface area contributed by atoms with E-state index in [1.165, 1.54) is 24.9 Å². The van der Waals surface area contributed by atoms with Crippen molar-refractivity contribution in [1.82, 2.24) is 10.6 Å². The minimum Gasteiger partial charge on any atom is -0.371 e. The molecule has 0 radical (unpaired) electrons. The van der Waals surface area contributed by atoms with Crippen LogP contribution in [-0.4, -0.2) is 38.0 Å². The van der Waals surface area contributed by atoms with Gasteiger partial charge in [-0.1, -0.05) is 12.1 Å². The second-order valence-corrected chi connectivity index (χ2v) is 7.52. The zero-order valence-electron chi connectivity index (χ0n) is 14.0. The van der Waals surface area contributed by atoms with Crippen LogP contribution in [0.1, 0.15) is 43.6 Å². The van der Waals surface area contributed by atoms with Gasteiger partial charge in [-0.05, 0) is 61.9 Å². The van der Waals surface area contributed by atoms with Gasteiger partial charge in [-0.15, -0.1) is 0 Å². The molecule has 2 N–H and O–H groups in total. The molecule has 3 aliphatic heterocycles. The monoisotopic (exact) mass is 327 g/mol. The minimum absolute atomic E-state index is 0.155. The quantitative estimate of drug-likeness (QED) is 0.813. The Hall–Kier alpha value is -1.88. The Bertz CT molecular complexity index is 635. The number of piperidine rings is 2. The van der Waals surface area contributed by atoms with Crippen LogP contribution in [0.3, 0.4) is 0 Å². The fourth-order valence-electron chi connectivity index (χ4n) is 4.45. The van der Waals surface area contributed by atoms with Crippen molar-refractivity contribution in [1.29, 1.82) is 0 Å². The van der Waals surface area contributed by atoms with Crippen molar-refractivity contribution in [2.24, 2.45) is 5.41 Å². The van der Waals surface area contributed by atoms with E-state index in [-0.39, 0.29) is 17.7 Å². The van der Waals surface area contributed by atoms with Crippen LogP contribution in [0.4, 0.5) is 5.69 Å². The normalized spacial score (nSPS) is 26.7. The first kappa shape index (κ1) is 15.6. The number of nitrogens with one attached hydrogen (secondary N) is 2. The summed E-state index contributed by atoms with van der Waals surface area (Å²) in [5.74, 6) is -0.503. The lowest BCUT2D eigenvalue weighted by atomic mass is 9.78. The second kappa shape index (κ2) is 6.20. The van der Waals surface area contributed by atoms with Crippen LogP contribution in [-0.2, 0) is 9.59 Å². The number of anilines is 1. The van der Waals surface area contributed by atoms with Crippen molar-refractivity contribution in [3.05, 3.63) is 29.8 Å². The standard InChI is InChI=1S/C19H25N3O2/c23-17-6-5-16(18(24)21-17)14-1-3-15(4-2-14)22-12-9-19(13-22)7-10-20-11-8-19/h1-4,16,20H,5-13H2,(H,21,23,24)/t16-/m1/s1. The lowest BCUT2D eigenvalue weighted by Gasteiger charge is -2.34. The number of hydrogen-bond acceptors (Lipinski definition) is 4. The summed E-state index contributed by atoms with van der Waals surface area (Å²) < 4.78 is 0. The molecule has 3 heterocycles. The van der Waals surface area contributed by atoms with Crippen LogP contribution in [0.2, 0.25) is 0 Å². The van der Waals surface area contributed by atoms with E-state index in [9.17, 15) is 9.59 Å². The van der Waals surface area contributed by atoms with Gasteiger partial charge in [0.1, 0.15) is 0 Å². The van der Waals surface area contributed by atoms with Crippen LogP contribution in [0.15, 0.2) is 24.3 Å². The number of hydrogen-bond donors (Lipinski definition) is 2. The molecule has 2 amide bonds. The molecule has 5 heteroatoms. The number of imide groups is 1. The van der Waals surface area contributed by atoms with Crippen molar-refractivity contribution in [2.75, 3.05) is 31.1 Å². The Kier molecular flexibility index (Phi) is 4.04. The molecule has 3 aliphatic rings. The van der Waals surface area contributed by atoms with E-state index in [2.05, 4.69) is 39.8 Å². The number of rotatable bonds is 2. The lowest BCUT2D eigenvalue weighted by Crippen LogP contribution is -2.39. The van der Waals surface area contributed by atoms with Gasteiger partial charge in [0.2, 0.25) is 11.8 Å². The van der Waals surface area contributed by atoms with Gasteiger partial charge in [-0.3, -0.25) is 14.9 Å². The minimum atomic E-state index is -0.189. The predicted octanol–water partition coefficient (Wildman–Crippen LogP) is 1.79. The molecule has 3 fully saturated rings. The first-order valence-electron chi connectivity index (χ1n) is 9.05. The maximum absolute atomic E-state index is 12.0. The Morgan fingerprint density at radius 2 is 1.79 bits per heavy atom. The topological polar surface area (TPSA) is 61.4 Å². The van der Waals surface area contributed by atoms with E-state index in [4.69, 9.17) is 0 Å². The highest BCUT2D eigenvalue weighted by Crippen LogP contribution is 2.40. The molecule has 0 aliphatic carbocycles. The molecule has 5 nitrogen and oxygen atoms in total. The van der Waals surface area contributed by atoms with E-state index in [1.807, 2.05) is 0 Å². The first-order chi connectivity index (χ1) is 11.7. The van der Waals surface area contributed by atoms with Gasteiger partial charge in [0.25, 0.3) is 0 Å². The Balaban J connectivity index is 1.44. The SMILES string of the molecule is O=C1CC[C@H](c2ccc(N3CCC4(CCNCC4)C3)cc2)C(=O)N1. The average Bonchev–Trinajstić information content (AvgIpc) is 2.99. The molecular weight excluding hydrogens is 302 g/mol. The molecule has 3 saturated heterocycles. The highest BCUT2D eigenvalue weighted by Gasteiger charge is 2.39. The maximum atomic E-state index is 12.0. The maximum Gasteiger partial charge on any atom is 0.234 e. The van der Waals surface area contributed by atoms with Gasteiger partial charge >= 0.3 is 0 Å². The molecule has 1 aromatic rings. The Morgan fingerprint density at radius 3 is 2.50 bits per heavy atom. The molecule has 0 unspecified atom stereocenters. The number of amides is 2. The van der Waals surface area contributed by atoms with Crippen molar-refractivity contribution in [3.63, 3.8) is 0 Å². The molecule has 0 bridgehead atoms. The average molecular weight is 327 g/mol. The summed E-state index contributed by atoms with van der Waals surface area (Å²) in [4.78, 5) is 25.8. The van der Waals surface area contributed by atoms with Crippen LogP contribution < -0.4 is 15.5 Å². The van der Waals surface area contributed by atoms with Crippen molar-refractivity contribution in [2.45, 2.75) is 38.0 Å². The Labute approximate surface area is 142 Å². The van der Waals surface area contributed by atoms with Crippen molar-refractivity contribution in [3.8, 4) is 0 Å².